The third-order valence-corrected chi connectivity index (χ3v) is 6.13. The van der Waals surface area contributed by atoms with E-state index in [0.29, 0.717) is 0 Å². The fourth-order valence-electron chi connectivity index (χ4n) is 3.91. The Labute approximate surface area is 255 Å². The van der Waals surface area contributed by atoms with E-state index in [1.165, 1.54) is 0 Å². The number of benzene rings is 4. The standard InChI is InChI=1S/2C18H16O4/c19-17(20)15(11-13-7-3-1-4-8-13)16(18(21)22)12-14-9-5-2-6-10-14;19-17(21-13-15-7-3-1-4-8-15)11-12-18(20)22-14-16-9-5-2-6-10-16/h1-10H,11-12H2,(H,19,20)(H,21,22);1-12H,13-14H2/b16-15-;12-11-. The second-order valence-corrected chi connectivity index (χ2v) is 9.41. The number of aliphatic carboxylic acids is 2. The van der Waals surface area contributed by atoms with E-state index in [-0.39, 0.29) is 37.2 Å². The first-order valence-electron chi connectivity index (χ1n) is 13.7. The topological polar surface area (TPSA) is 127 Å². The van der Waals surface area contributed by atoms with Gasteiger partial charge in [-0.2, -0.15) is 0 Å². The van der Waals surface area contributed by atoms with Crippen LogP contribution in [-0.2, 0) is 54.7 Å². The van der Waals surface area contributed by atoms with Crippen LogP contribution in [0.5, 0.6) is 0 Å². The maximum atomic E-state index is 11.5. The quantitative estimate of drug-likeness (QED) is 0.152. The molecule has 224 valence electrons. The Bertz CT molecular complexity index is 1440. The molecule has 4 aromatic carbocycles. The second kappa shape index (κ2) is 17.9. The first-order chi connectivity index (χ1) is 21.3. The normalized spacial score (nSPS) is 11.0. The Morgan fingerprint density at radius 2 is 0.727 bits per heavy atom. The molecule has 0 aliphatic heterocycles. The van der Waals surface area contributed by atoms with Crippen molar-refractivity contribution < 1.29 is 38.9 Å². The molecule has 4 aromatic rings. The summed E-state index contributed by atoms with van der Waals surface area (Å²) in [5.74, 6) is -3.56. The summed E-state index contributed by atoms with van der Waals surface area (Å²) >= 11 is 0. The molecule has 0 spiro atoms. The van der Waals surface area contributed by atoms with Crippen LogP contribution in [0.3, 0.4) is 0 Å². The summed E-state index contributed by atoms with van der Waals surface area (Å²) in [4.78, 5) is 46.0. The van der Waals surface area contributed by atoms with E-state index in [9.17, 15) is 29.4 Å². The summed E-state index contributed by atoms with van der Waals surface area (Å²) < 4.78 is 10.0. The largest absolute Gasteiger partial charge is 0.478 e. The van der Waals surface area contributed by atoms with Gasteiger partial charge in [0.05, 0.1) is 11.1 Å². The highest BCUT2D eigenvalue weighted by atomic mass is 16.5. The minimum atomic E-state index is -1.20. The van der Waals surface area contributed by atoms with E-state index < -0.39 is 23.9 Å². The third-order valence-electron chi connectivity index (χ3n) is 6.13. The van der Waals surface area contributed by atoms with Crippen LogP contribution < -0.4 is 0 Å². The lowest BCUT2D eigenvalue weighted by Gasteiger charge is -2.09. The number of hydrogen-bond acceptors (Lipinski definition) is 6. The fourth-order valence-corrected chi connectivity index (χ4v) is 3.91. The van der Waals surface area contributed by atoms with Crippen molar-refractivity contribution >= 4 is 23.9 Å². The van der Waals surface area contributed by atoms with Gasteiger partial charge in [0.2, 0.25) is 0 Å². The lowest BCUT2D eigenvalue weighted by Crippen LogP contribution is -2.15. The lowest BCUT2D eigenvalue weighted by atomic mass is 9.95. The fraction of sp³-hybridized carbons (Fsp3) is 0.111. The number of carbonyl (C=O) groups excluding carboxylic acids is 2. The number of carbonyl (C=O) groups is 4. The molecule has 0 saturated carbocycles. The lowest BCUT2D eigenvalue weighted by molar-refractivity contribution is -0.141. The molecule has 4 rings (SSSR count). The minimum Gasteiger partial charge on any atom is -0.478 e. The first-order valence-corrected chi connectivity index (χ1v) is 13.7. The van der Waals surface area contributed by atoms with Crippen LogP contribution in [-0.4, -0.2) is 34.1 Å². The highest BCUT2D eigenvalue weighted by molar-refractivity contribution is 5.99. The van der Waals surface area contributed by atoms with Crippen molar-refractivity contribution in [2.75, 3.05) is 0 Å². The number of carboxylic acids is 2. The van der Waals surface area contributed by atoms with Crippen molar-refractivity contribution in [3.63, 3.8) is 0 Å². The molecule has 0 aliphatic rings. The van der Waals surface area contributed by atoms with Crippen LogP contribution in [0.25, 0.3) is 0 Å². The van der Waals surface area contributed by atoms with Crippen molar-refractivity contribution in [3.05, 3.63) is 167 Å². The van der Waals surface area contributed by atoms with Gasteiger partial charge in [-0.25, -0.2) is 19.2 Å². The molecule has 0 bridgehead atoms. The Balaban J connectivity index is 0.000000240. The summed E-state index contributed by atoms with van der Waals surface area (Å²) in [5.41, 5.74) is 3.15. The van der Waals surface area contributed by atoms with Crippen LogP contribution in [0.15, 0.2) is 145 Å². The van der Waals surface area contributed by atoms with E-state index in [1.54, 1.807) is 48.5 Å². The molecular weight excluding hydrogens is 560 g/mol. The van der Waals surface area contributed by atoms with Gasteiger partial charge in [-0.05, 0) is 22.3 Å². The third kappa shape index (κ3) is 12.0. The molecule has 0 aliphatic carbocycles. The molecule has 0 fully saturated rings. The number of ether oxygens (including phenoxy) is 2. The zero-order valence-corrected chi connectivity index (χ0v) is 23.9. The number of rotatable bonds is 12. The molecule has 0 radical (unpaired) electrons. The summed E-state index contributed by atoms with van der Waals surface area (Å²) in [5, 5.41) is 18.8. The van der Waals surface area contributed by atoms with E-state index in [2.05, 4.69) is 0 Å². The van der Waals surface area contributed by atoms with Gasteiger partial charge < -0.3 is 19.7 Å². The summed E-state index contributed by atoms with van der Waals surface area (Å²) in [6, 6.07) is 36.6. The predicted octanol–water partition coefficient (Wildman–Crippen LogP) is 5.97. The van der Waals surface area contributed by atoms with Crippen LogP contribution in [0.2, 0.25) is 0 Å². The van der Waals surface area contributed by atoms with Crippen LogP contribution >= 0.6 is 0 Å². The van der Waals surface area contributed by atoms with Crippen molar-refractivity contribution in [3.8, 4) is 0 Å². The maximum absolute atomic E-state index is 11.5. The highest BCUT2D eigenvalue weighted by Gasteiger charge is 2.20. The minimum absolute atomic E-state index is 0.0810. The van der Waals surface area contributed by atoms with Crippen LogP contribution in [0.4, 0.5) is 0 Å². The van der Waals surface area contributed by atoms with Crippen LogP contribution in [0, 0.1) is 0 Å². The van der Waals surface area contributed by atoms with E-state index >= 15 is 0 Å². The first kappa shape index (κ1) is 32.8. The summed E-state index contributed by atoms with van der Waals surface area (Å²) in [6.45, 7) is 0.339. The molecule has 44 heavy (non-hydrogen) atoms. The Kier molecular flexibility index (Phi) is 13.3. The van der Waals surface area contributed by atoms with Crippen molar-refractivity contribution in [2.24, 2.45) is 0 Å². The average Bonchev–Trinajstić information content (AvgIpc) is 3.05. The Morgan fingerprint density at radius 1 is 0.455 bits per heavy atom. The van der Waals surface area contributed by atoms with Gasteiger partial charge in [0, 0.05) is 25.0 Å². The zero-order valence-electron chi connectivity index (χ0n) is 23.9. The monoisotopic (exact) mass is 592 g/mol. The number of esters is 2. The zero-order chi connectivity index (χ0) is 31.6. The van der Waals surface area contributed by atoms with E-state index in [0.717, 1.165) is 34.4 Å². The molecule has 0 amide bonds. The molecule has 0 atom stereocenters. The molecule has 0 saturated heterocycles. The van der Waals surface area contributed by atoms with Gasteiger partial charge in [0.15, 0.2) is 0 Å². The summed E-state index contributed by atoms with van der Waals surface area (Å²) in [7, 11) is 0. The Hall–Kier alpha value is -5.76. The van der Waals surface area contributed by atoms with Gasteiger partial charge >= 0.3 is 23.9 Å². The molecule has 2 N–H and O–H groups in total. The molecule has 0 unspecified atom stereocenters. The van der Waals surface area contributed by atoms with Gasteiger partial charge in [0.1, 0.15) is 13.2 Å². The maximum Gasteiger partial charge on any atom is 0.332 e. The molecule has 0 aromatic heterocycles. The number of carboxylic acid groups (broad SMARTS) is 2. The molecule has 8 heteroatoms. The van der Waals surface area contributed by atoms with Crippen molar-refractivity contribution in [2.45, 2.75) is 26.1 Å². The Morgan fingerprint density at radius 3 is 1.00 bits per heavy atom. The van der Waals surface area contributed by atoms with Gasteiger partial charge in [-0.3, -0.25) is 0 Å². The number of hydrogen-bond donors (Lipinski definition) is 2. The SMILES string of the molecule is O=C(/C=C\C(=O)OCc1ccccc1)OCc1ccccc1.O=C(O)/C(Cc1ccccc1)=C(/Cc1ccccc1)C(=O)O. The van der Waals surface area contributed by atoms with Crippen molar-refractivity contribution in [1.29, 1.82) is 0 Å². The highest BCUT2D eigenvalue weighted by Crippen LogP contribution is 2.18. The predicted molar refractivity (Wildman–Crippen MR) is 164 cm³/mol. The smallest absolute Gasteiger partial charge is 0.332 e. The van der Waals surface area contributed by atoms with E-state index in [1.807, 2.05) is 72.8 Å². The van der Waals surface area contributed by atoms with Crippen molar-refractivity contribution in [1.82, 2.24) is 0 Å². The second-order valence-electron chi connectivity index (χ2n) is 9.41. The van der Waals surface area contributed by atoms with Gasteiger partial charge in [-0.1, -0.05) is 121 Å². The molecule has 8 nitrogen and oxygen atoms in total. The van der Waals surface area contributed by atoms with Gasteiger partial charge in [0.25, 0.3) is 0 Å². The summed E-state index contributed by atoms with van der Waals surface area (Å²) in [6.07, 6.45) is 2.31. The molecular formula is C36H32O8. The van der Waals surface area contributed by atoms with Gasteiger partial charge in [-0.15, -0.1) is 0 Å². The molecule has 0 heterocycles. The van der Waals surface area contributed by atoms with E-state index in [4.69, 9.17) is 9.47 Å². The van der Waals surface area contributed by atoms with Crippen LogP contribution in [0.1, 0.15) is 22.3 Å². The average molecular weight is 593 g/mol.